The summed E-state index contributed by atoms with van der Waals surface area (Å²) in [4.78, 5) is 6.70. The van der Waals surface area contributed by atoms with Crippen molar-refractivity contribution >= 4 is 0 Å². The SMILES string of the molecule is COc1cc(CN2CCC(C)NCC(C)C2)ccn1. The Morgan fingerprint density at radius 1 is 1.47 bits per heavy atom. The summed E-state index contributed by atoms with van der Waals surface area (Å²) in [5.41, 5.74) is 1.28. The van der Waals surface area contributed by atoms with Gasteiger partial charge in [0.15, 0.2) is 0 Å². The Labute approximate surface area is 116 Å². The van der Waals surface area contributed by atoms with Crippen molar-refractivity contribution in [2.75, 3.05) is 26.7 Å². The first-order chi connectivity index (χ1) is 9.17. The molecule has 0 aromatic carbocycles. The fraction of sp³-hybridized carbons (Fsp3) is 0.667. The third-order valence-corrected chi connectivity index (χ3v) is 3.68. The first-order valence-electron chi connectivity index (χ1n) is 7.12. The van der Waals surface area contributed by atoms with Crippen LogP contribution < -0.4 is 10.1 Å². The van der Waals surface area contributed by atoms with Gasteiger partial charge in [0.05, 0.1) is 7.11 Å². The maximum atomic E-state index is 5.19. The molecule has 2 unspecified atom stereocenters. The van der Waals surface area contributed by atoms with Gasteiger partial charge in [0.2, 0.25) is 5.88 Å². The second-order valence-electron chi connectivity index (χ2n) is 5.64. The van der Waals surface area contributed by atoms with E-state index in [4.69, 9.17) is 4.74 Å². The van der Waals surface area contributed by atoms with Crippen molar-refractivity contribution in [2.24, 2.45) is 5.92 Å². The molecule has 1 saturated heterocycles. The zero-order chi connectivity index (χ0) is 13.7. The van der Waals surface area contributed by atoms with Crippen molar-refractivity contribution < 1.29 is 4.74 Å². The molecule has 0 amide bonds. The third-order valence-electron chi connectivity index (χ3n) is 3.68. The van der Waals surface area contributed by atoms with Gasteiger partial charge >= 0.3 is 0 Å². The molecule has 0 radical (unpaired) electrons. The Balaban J connectivity index is 1.98. The van der Waals surface area contributed by atoms with Crippen molar-refractivity contribution in [1.82, 2.24) is 15.2 Å². The molecule has 0 bridgehead atoms. The smallest absolute Gasteiger partial charge is 0.213 e. The molecule has 1 fully saturated rings. The molecule has 0 aliphatic carbocycles. The van der Waals surface area contributed by atoms with E-state index >= 15 is 0 Å². The van der Waals surface area contributed by atoms with Crippen molar-refractivity contribution in [2.45, 2.75) is 32.9 Å². The summed E-state index contributed by atoms with van der Waals surface area (Å²) in [6.07, 6.45) is 3.03. The lowest BCUT2D eigenvalue weighted by Gasteiger charge is -2.31. The van der Waals surface area contributed by atoms with Crippen LogP contribution in [0.15, 0.2) is 18.3 Å². The zero-order valence-electron chi connectivity index (χ0n) is 12.2. The van der Waals surface area contributed by atoms with Crippen LogP contribution in [-0.2, 0) is 6.54 Å². The normalized spacial score (nSPS) is 25.6. The van der Waals surface area contributed by atoms with E-state index in [9.17, 15) is 0 Å². The fourth-order valence-corrected chi connectivity index (χ4v) is 2.54. The molecule has 0 saturated carbocycles. The first-order valence-corrected chi connectivity index (χ1v) is 7.12. The van der Waals surface area contributed by atoms with Crippen molar-refractivity contribution in [3.63, 3.8) is 0 Å². The molecular weight excluding hydrogens is 238 g/mol. The Hall–Kier alpha value is -1.13. The van der Waals surface area contributed by atoms with Crippen molar-refractivity contribution in [1.29, 1.82) is 0 Å². The molecule has 1 N–H and O–H groups in total. The Bertz CT molecular complexity index is 397. The molecule has 1 aliphatic rings. The second-order valence-corrected chi connectivity index (χ2v) is 5.64. The highest BCUT2D eigenvalue weighted by Gasteiger charge is 2.16. The Morgan fingerprint density at radius 3 is 3.11 bits per heavy atom. The van der Waals surface area contributed by atoms with Gasteiger partial charge in [-0.15, -0.1) is 0 Å². The molecule has 1 aromatic heterocycles. The van der Waals surface area contributed by atoms with Crippen LogP contribution in [0.1, 0.15) is 25.8 Å². The minimum atomic E-state index is 0.609. The lowest BCUT2D eigenvalue weighted by molar-refractivity contribution is 0.194. The van der Waals surface area contributed by atoms with Crippen LogP contribution >= 0.6 is 0 Å². The number of nitrogens with zero attached hydrogens (tertiary/aromatic N) is 2. The van der Waals surface area contributed by atoms with E-state index in [1.54, 1.807) is 7.11 Å². The number of aromatic nitrogens is 1. The predicted octanol–water partition coefficient (Wildman–Crippen LogP) is 1.91. The van der Waals surface area contributed by atoms with Crippen LogP contribution in [0.4, 0.5) is 0 Å². The maximum Gasteiger partial charge on any atom is 0.213 e. The van der Waals surface area contributed by atoms with E-state index in [0.29, 0.717) is 17.8 Å². The van der Waals surface area contributed by atoms with Crippen LogP contribution in [0.2, 0.25) is 0 Å². The number of ether oxygens (including phenoxy) is 1. The van der Waals surface area contributed by atoms with Crippen molar-refractivity contribution in [3.8, 4) is 5.88 Å². The maximum absolute atomic E-state index is 5.19. The summed E-state index contributed by atoms with van der Waals surface area (Å²) in [6, 6.07) is 4.72. The van der Waals surface area contributed by atoms with Gasteiger partial charge in [-0.2, -0.15) is 0 Å². The van der Waals surface area contributed by atoms with Crippen molar-refractivity contribution in [3.05, 3.63) is 23.9 Å². The monoisotopic (exact) mass is 263 g/mol. The van der Waals surface area contributed by atoms with Gasteiger partial charge in [-0.05, 0) is 44.0 Å². The molecule has 4 nitrogen and oxygen atoms in total. The Kier molecular flexibility index (Phi) is 5.16. The van der Waals surface area contributed by atoms with Gasteiger partial charge in [-0.25, -0.2) is 4.98 Å². The molecule has 1 aromatic rings. The molecule has 19 heavy (non-hydrogen) atoms. The molecule has 106 valence electrons. The molecule has 2 rings (SSSR count). The van der Waals surface area contributed by atoms with Gasteiger partial charge in [0.25, 0.3) is 0 Å². The highest BCUT2D eigenvalue weighted by atomic mass is 16.5. The van der Waals surface area contributed by atoms with Gasteiger partial charge in [0.1, 0.15) is 0 Å². The number of hydrogen-bond acceptors (Lipinski definition) is 4. The number of hydrogen-bond donors (Lipinski definition) is 1. The molecular formula is C15H25N3O. The van der Waals surface area contributed by atoms with E-state index in [-0.39, 0.29) is 0 Å². The minimum absolute atomic E-state index is 0.609. The number of pyridine rings is 1. The zero-order valence-corrected chi connectivity index (χ0v) is 12.2. The Morgan fingerprint density at radius 2 is 2.32 bits per heavy atom. The van der Waals surface area contributed by atoms with Gasteiger partial charge in [0, 0.05) is 31.4 Å². The molecule has 2 heterocycles. The average Bonchev–Trinajstić information content (AvgIpc) is 2.41. The molecule has 4 heteroatoms. The van der Waals surface area contributed by atoms with E-state index in [1.165, 1.54) is 12.0 Å². The fourth-order valence-electron chi connectivity index (χ4n) is 2.54. The van der Waals surface area contributed by atoms with E-state index in [1.807, 2.05) is 12.3 Å². The third kappa shape index (κ3) is 4.48. The van der Waals surface area contributed by atoms with Gasteiger partial charge < -0.3 is 10.1 Å². The number of nitrogens with one attached hydrogen (secondary N) is 1. The highest BCUT2D eigenvalue weighted by Crippen LogP contribution is 2.14. The second kappa shape index (κ2) is 6.87. The molecule has 2 atom stereocenters. The van der Waals surface area contributed by atoms with Crippen LogP contribution in [0, 0.1) is 5.92 Å². The first kappa shape index (κ1) is 14.3. The lowest BCUT2D eigenvalue weighted by Crippen LogP contribution is -2.42. The standard InChI is InChI=1S/C15H25N3O/c1-12-9-17-13(2)5-7-18(10-12)11-14-4-6-16-15(8-14)19-3/h4,6,8,12-13,17H,5,7,9-11H2,1-3H3. The lowest BCUT2D eigenvalue weighted by atomic mass is 10.1. The topological polar surface area (TPSA) is 37.4 Å². The van der Waals surface area contributed by atoms with Gasteiger partial charge in [-0.1, -0.05) is 6.92 Å². The molecule has 1 aliphatic heterocycles. The van der Waals surface area contributed by atoms with Crippen LogP contribution in [0.25, 0.3) is 0 Å². The summed E-state index contributed by atoms with van der Waals surface area (Å²) >= 11 is 0. The van der Waals surface area contributed by atoms with Crippen LogP contribution in [0.5, 0.6) is 5.88 Å². The van der Waals surface area contributed by atoms with Gasteiger partial charge in [-0.3, -0.25) is 4.90 Å². The quantitative estimate of drug-likeness (QED) is 0.904. The predicted molar refractivity (Wildman–Crippen MR) is 77.3 cm³/mol. The summed E-state index contributed by atoms with van der Waals surface area (Å²) in [6.45, 7) is 8.96. The summed E-state index contributed by atoms with van der Waals surface area (Å²) in [5.74, 6) is 1.39. The van der Waals surface area contributed by atoms with E-state index in [2.05, 4.69) is 35.1 Å². The van der Waals surface area contributed by atoms with E-state index in [0.717, 1.165) is 26.2 Å². The largest absolute Gasteiger partial charge is 0.481 e. The number of methoxy groups -OCH3 is 1. The molecule has 0 spiro atoms. The van der Waals surface area contributed by atoms with Crippen LogP contribution in [-0.4, -0.2) is 42.7 Å². The van der Waals surface area contributed by atoms with E-state index < -0.39 is 0 Å². The highest BCUT2D eigenvalue weighted by molar-refractivity contribution is 5.20. The summed E-state index contributed by atoms with van der Waals surface area (Å²) in [7, 11) is 1.66. The summed E-state index contributed by atoms with van der Waals surface area (Å²) < 4.78 is 5.19. The van der Waals surface area contributed by atoms with Crippen LogP contribution in [0.3, 0.4) is 0 Å². The summed E-state index contributed by atoms with van der Waals surface area (Å²) in [5, 5.41) is 3.58. The average molecular weight is 263 g/mol. The minimum Gasteiger partial charge on any atom is -0.481 e. The number of rotatable bonds is 3.